The Kier molecular flexibility index (Phi) is 8.18. The molecule has 1 aromatic carbocycles. The fraction of sp³-hybridized carbons (Fsp3) is 0.208. The van der Waals surface area contributed by atoms with Crippen molar-refractivity contribution in [2.75, 3.05) is 26.3 Å². The zero-order chi connectivity index (χ0) is 23.8. The van der Waals surface area contributed by atoms with Crippen LogP contribution in [0.3, 0.4) is 0 Å². The van der Waals surface area contributed by atoms with Gasteiger partial charge in [0.1, 0.15) is 21.5 Å². The Bertz CT molecular complexity index is 1150. The van der Waals surface area contributed by atoms with Gasteiger partial charge in [-0.05, 0) is 48.2 Å². The van der Waals surface area contributed by atoms with Crippen molar-refractivity contribution in [1.82, 2.24) is 15.5 Å². The number of hydrogen-bond donors (Lipinski definition) is 2. The summed E-state index contributed by atoms with van der Waals surface area (Å²) in [4.78, 5) is 27.6. The van der Waals surface area contributed by atoms with Gasteiger partial charge in [-0.3, -0.25) is 9.59 Å². The van der Waals surface area contributed by atoms with E-state index < -0.39 is 11.8 Å². The van der Waals surface area contributed by atoms with Gasteiger partial charge in [0, 0.05) is 24.7 Å². The van der Waals surface area contributed by atoms with Crippen LogP contribution in [0.4, 0.5) is 0 Å². The topological polar surface area (TPSA) is 97.0 Å². The summed E-state index contributed by atoms with van der Waals surface area (Å²) < 4.78 is 17.2. The van der Waals surface area contributed by atoms with Crippen LogP contribution in [0.25, 0.3) is 6.08 Å². The summed E-state index contributed by atoms with van der Waals surface area (Å²) in [6, 6.07) is 15.6. The number of morpholine rings is 1. The third-order valence-electron chi connectivity index (χ3n) is 4.88. The first-order chi connectivity index (χ1) is 16.6. The Morgan fingerprint density at radius 2 is 1.85 bits per heavy atom. The van der Waals surface area contributed by atoms with Crippen molar-refractivity contribution in [2.45, 2.75) is 11.6 Å². The molecule has 0 spiro atoms. The number of nitrogens with zero attached hydrogens (tertiary/aromatic N) is 1. The fourth-order valence-corrected chi connectivity index (χ4v) is 4.31. The number of hydrogen-bond acceptors (Lipinski definition) is 7. The van der Waals surface area contributed by atoms with Crippen LogP contribution in [0.15, 0.2) is 80.5 Å². The highest BCUT2D eigenvalue weighted by Crippen LogP contribution is 2.25. The van der Waals surface area contributed by atoms with Crippen LogP contribution < -0.4 is 10.6 Å². The normalized spacial score (nSPS) is 14.0. The Hall–Kier alpha value is -3.34. The number of amides is 2. The van der Waals surface area contributed by atoms with Crippen LogP contribution >= 0.6 is 24.0 Å². The van der Waals surface area contributed by atoms with Crippen molar-refractivity contribution in [2.24, 2.45) is 0 Å². The van der Waals surface area contributed by atoms with Crippen molar-refractivity contribution >= 4 is 46.2 Å². The third-order valence-corrected chi connectivity index (χ3v) is 6.24. The van der Waals surface area contributed by atoms with Gasteiger partial charge >= 0.3 is 0 Å². The maximum atomic E-state index is 12.9. The van der Waals surface area contributed by atoms with Gasteiger partial charge in [0.25, 0.3) is 11.8 Å². The lowest BCUT2D eigenvalue weighted by Crippen LogP contribution is -2.38. The molecule has 2 aromatic heterocycles. The number of nitrogens with one attached hydrogen (secondary N) is 2. The highest BCUT2D eigenvalue weighted by atomic mass is 32.2. The molecule has 0 bridgehead atoms. The maximum Gasteiger partial charge on any atom is 0.268 e. The van der Waals surface area contributed by atoms with Crippen molar-refractivity contribution in [3.05, 3.63) is 83.6 Å². The van der Waals surface area contributed by atoms with Gasteiger partial charge in [0.15, 0.2) is 5.09 Å². The minimum absolute atomic E-state index is 0.0436. The molecular formula is C24H23N3O5S2. The highest BCUT2D eigenvalue weighted by molar-refractivity contribution is 8.22. The molecule has 176 valence electrons. The minimum Gasteiger partial charge on any atom is -0.467 e. The summed E-state index contributed by atoms with van der Waals surface area (Å²) in [7, 11) is 0. The largest absolute Gasteiger partial charge is 0.467 e. The van der Waals surface area contributed by atoms with E-state index in [0.717, 1.165) is 13.1 Å². The molecule has 10 heteroatoms. The fourth-order valence-electron chi connectivity index (χ4n) is 3.12. The molecule has 0 radical (unpaired) electrons. The average Bonchev–Trinajstić information content (AvgIpc) is 3.55. The second kappa shape index (κ2) is 11.7. The third kappa shape index (κ3) is 6.60. The Balaban J connectivity index is 1.48. The van der Waals surface area contributed by atoms with Gasteiger partial charge in [-0.25, -0.2) is 0 Å². The molecule has 0 saturated carbocycles. The molecule has 3 aromatic rings. The summed E-state index contributed by atoms with van der Waals surface area (Å²) in [5.41, 5.74) is 0.473. The number of carbonyl (C=O) groups is 2. The van der Waals surface area contributed by atoms with Gasteiger partial charge < -0.3 is 29.1 Å². The zero-order valence-electron chi connectivity index (χ0n) is 18.2. The average molecular weight is 498 g/mol. The lowest BCUT2D eigenvalue weighted by Gasteiger charge is -2.28. The molecule has 0 atom stereocenters. The SMILES string of the molecule is O=C(NCc1ccco1)C(=Cc1ccc(SC(=S)N2CCOCC2)o1)NC(=O)c1ccccc1. The monoisotopic (exact) mass is 497 g/mol. The number of thiocarbonyl (C=S) groups is 1. The van der Waals surface area contributed by atoms with E-state index in [2.05, 4.69) is 15.5 Å². The molecule has 2 N–H and O–H groups in total. The number of carbonyl (C=O) groups excluding carboxylic acids is 2. The second-order valence-corrected chi connectivity index (χ2v) is 8.90. The van der Waals surface area contributed by atoms with Gasteiger partial charge in [-0.2, -0.15) is 0 Å². The summed E-state index contributed by atoms with van der Waals surface area (Å²) in [6.07, 6.45) is 3.01. The van der Waals surface area contributed by atoms with Crippen molar-refractivity contribution in [3.63, 3.8) is 0 Å². The van der Waals surface area contributed by atoms with Crippen LogP contribution in [-0.4, -0.2) is 47.3 Å². The van der Waals surface area contributed by atoms with E-state index in [9.17, 15) is 9.59 Å². The minimum atomic E-state index is -0.477. The van der Waals surface area contributed by atoms with Crippen molar-refractivity contribution in [1.29, 1.82) is 0 Å². The first kappa shape index (κ1) is 23.8. The van der Waals surface area contributed by atoms with Crippen molar-refractivity contribution in [3.8, 4) is 0 Å². The molecule has 0 aliphatic carbocycles. The van der Waals surface area contributed by atoms with E-state index in [1.165, 1.54) is 24.1 Å². The molecule has 1 fully saturated rings. The molecule has 0 unspecified atom stereocenters. The molecule has 1 aliphatic rings. The molecular weight excluding hydrogens is 474 g/mol. The van der Waals surface area contributed by atoms with E-state index in [1.807, 2.05) is 6.07 Å². The number of furan rings is 2. The van der Waals surface area contributed by atoms with Gasteiger partial charge in [-0.15, -0.1) is 0 Å². The zero-order valence-corrected chi connectivity index (χ0v) is 19.8. The number of ether oxygens (including phenoxy) is 1. The molecule has 1 saturated heterocycles. The van der Waals surface area contributed by atoms with E-state index in [0.29, 0.717) is 39.7 Å². The number of benzene rings is 1. The number of thioether (sulfide) groups is 1. The van der Waals surface area contributed by atoms with E-state index >= 15 is 0 Å². The predicted molar refractivity (Wildman–Crippen MR) is 132 cm³/mol. The van der Waals surface area contributed by atoms with Gasteiger partial charge in [-0.1, -0.05) is 30.4 Å². The summed E-state index contributed by atoms with van der Waals surface area (Å²) in [5.74, 6) is 0.115. The van der Waals surface area contributed by atoms with E-state index in [4.69, 9.17) is 25.8 Å². The number of rotatable bonds is 7. The summed E-state index contributed by atoms with van der Waals surface area (Å²) in [5, 5.41) is 6.01. The smallest absolute Gasteiger partial charge is 0.268 e. The lowest BCUT2D eigenvalue weighted by atomic mass is 10.2. The Morgan fingerprint density at radius 1 is 1.06 bits per heavy atom. The Labute approximate surface area is 206 Å². The lowest BCUT2D eigenvalue weighted by molar-refractivity contribution is -0.118. The van der Waals surface area contributed by atoms with Gasteiger partial charge in [0.2, 0.25) is 0 Å². The van der Waals surface area contributed by atoms with Crippen LogP contribution in [-0.2, 0) is 16.1 Å². The standard InChI is InChI=1S/C24H23N3O5S2/c28-22(17-5-2-1-3-6-17)26-20(23(29)25-16-19-7-4-12-31-19)15-18-8-9-21(32-18)34-24(33)27-10-13-30-14-11-27/h1-9,12,15H,10-11,13-14,16H2,(H,25,29)(H,26,28). The molecule has 34 heavy (non-hydrogen) atoms. The first-order valence-corrected chi connectivity index (χ1v) is 11.8. The van der Waals surface area contributed by atoms with Gasteiger partial charge in [0.05, 0.1) is 26.0 Å². The van der Waals surface area contributed by atoms with Crippen LogP contribution in [0, 0.1) is 0 Å². The summed E-state index contributed by atoms with van der Waals surface area (Å²) >= 11 is 6.84. The Morgan fingerprint density at radius 3 is 2.59 bits per heavy atom. The van der Waals surface area contributed by atoms with Crippen molar-refractivity contribution < 1.29 is 23.2 Å². The second-order valence-electron chi connectivity index (χ2n) is 7.26. The van der Waals surface area contributed by atoms with Crippen LogP contribution in [0.1, 0.15) is 21.9 Å². The van der Waals surface area contributed by atoms with Crippen LogP contribution in [0.2, 0.25) is 0 Å². The highest BCUT2D eigenvalue weighted by Gasteiger charge is 2.18. The predicted octanol–water partition coefficient (Wildman–Crippen LogP) is 3.67. The molecule has 8 nitrogen and oxygen atoms in total. The summed E-state index contributed by atoms with van der Waals surface area (Å²) in [6.45, 7) is 2.95. The quantitative estimate of drug-likeness (QED) is 0.290. The first-order valence-electron chi connectivity index (χ1n) is 10.6. The van der Waals surface area contributed by atoms with E-state index in [-0.39, 0.29) is 12.2 Å². The van der Waals surface area contributed by atoms with E-state index in [1.54, 1.807) is 48.5 Å². The molecule has 2 amide bonds. The molecule has 1 aliphatic heterocycles. The maximum absolute atomic E-state index is 12.9. The molecule has 3 heterocycles. The molecule has 4 rings (SSSR count). The van der Waals surface area contributed by atoms with Crippen LogP contribution in [0.5, 0.6) is 0 Å².